The summed E-state index contributed by atoms with van der Waals surface area (Å²) >= 11 is 5.21. The lowest BCUT2D eigenvalue weighted by atomic mass is 10.7. The number of halogens is 1. The molecule has 7 heavy (non-hydrogen) atoms. The molecule has 0 aliphatic carbocycles. The van der Waals surface area contributed by atoms with Gasteiger partial charge in [-0.05, 0) is 6.92 Å². The molecule has 39 valence electrons. The molecule has 0 spiro atoms. The second-order valence-electron chi connectivity index (χ2n) is 0.906. The summed E-state index contributed by atoms with van der Waals surface area (Å²) in [5.74, 6) is 0. The van der Waals surface area contributed by atoms with Gasteiger partial charge in [0.15, 0.2) is 0 Å². The number of ether oxygens (including phenoxy) is 1. The van der Waals surface area contributed by atoms with E-state index in [1.54, 1.807) is 6.92 Å². The van der Waals surface area contributed by atoms with E-state index in [0.29, 0.717) is 5.03 Å². The smallest absolute Gasteiger partial charge is 0.422 e. The Kier molecular flexibility index (Phi) is 3.42. The Morgan fingerprint density at radius 1 is 2.00 bits per heavy atom. The SMILES string of the molecule is CC(Cl)=CO[C]=O. The summed E-state index contributed by atoms with van der Waals surface area (Å²) in [6.07, 6.45) is 1.11. The summed E-state index contributed by atoms with van der Waals surface area (Å²) in [5, 5.41) is 0.420. The molecule has 0 saturated carbocycles. The van der Waals surface area contributed by atoms with Crippen molar-refractivity contribution in [3.63, 3.8) is 0 Å². The van der Waals surface area contributed by atoms with E-state index >= 15 is 0 Å². The lowest BCUT2D eigenvalue weighted by Crippen LogP contribution is -1.71. The van der Waals surface area contributed by atoms with E-state index < -0.39 is 0 Å². The zero-order chi connectivity index (χ0) is 5.70. The van der Waals surface area contributed by atoms with E-state index in [1.807, 2.05) is 0 Å². The standard InChI is InChI=1S/C4H4ClO2/c1-4(5)2-7-3-6/h2H,1H3. The third-order valence-electron chi connectivity index (χ3n) is 0.269. The summed E-state index contributed by atoms with van der Waals surface area (Å²) in [6, 6.07) is 0. The van der Waals surface area contributed by atoms with Gasteiger partial charge in [-0.2, -0.15) is 0 Å². The molecular formula is C4H4ClO2. The molecule has 0 unspecified atom stereocenters. The van der Waals surface area contributed by atoms with Crippen molar-refractivity contribution in [2.24, 2.45) is 0 Å². The van der Waals surface area contributed by atoms with Gasteiger partial charge in [0, 0.05) is 0 Å². The first kappa shape index (κ1) is 6.50. The van der Waals surface area contributed by atoms with Crippen molar-refractivity contribution in [3.8, 4) is 0 Å². The second kappa shape index (κ2) is 3.68. The molecule has 2 nitrogen and oxygen atoms in total. The van der Waals surface area contributed by atoms with Crippen LogP contribution in [0.4, 0.5) is 0 Å². The highest BCUT2D eigenvalue weighted by molar-refractivity contribution is 6.29. The highest BCUT2D eigenvalue weighted by atomic mass is 35.5. The molecule has 0 aromatic heterocycles. The Morgan fingerprint density at radius 2 is 2.57 bits per heavy atom. The Balaban J connectivity index is 3.25. The molecule has 0 fully saturated rings. The molecule has 0 rings (SSSR count). The van der Waals surface area contributed by atoms with Crippen LogP contribution in [0.3, 0.4) is 0 Å². The molecule has 0 aliphatic heterocycles. The minimum absolute atomic E-state index is 0.420. The van der Waals surface area contributed by atoms with Gasteiger partial charge >= 0.3 is 6.47 Å². The third kappa shape index (κ3) is 5.50. The zero-order valence-electron chi connectivity index (χ0n) is 3.77. The molecule has 0 bridgehead atoms. The second-order valence-corrected chi connectivity index (χ2v) is 1.50. The minimum atomic E-state index is 0.420. The van der Waals surface area contributed by atoms with Gasteiger partial charge in [-0.1, -0.05) is 11.6 Å². The topological polar surface area (TPSA) is 26.3 Å². The lowest BCUT2D eigenvalue weighted by molar-refractivity contribution is 0.397. The first-order chi connectivity index (χ1) is 3.27. The molecule has 3 heteroatoms. The molecule has 0 heterocycles. The number of hydrogen-bond acceptors (Lipinski definition) is 2. The number of rotatable bonds is 2. The van der Waals surface area contributed by atoms with Crippen molar-refractivity contribution in [2.45, 2.75) is 6.92 Å². The maximum absolute atomic E-state index is 9.26. The van der Waals surface area contributed by atoms with Gasteiger partial charge in [0.2, 0.25) is 0 Å². The van der Waals surface area contributed by atoms with Crippen LogP contribution in [0.15, 0.2) is 11.3 Å². The summed E-state index contributed by atoms with van der Waals surface area (Å²) in [7, 11) is 0. The number of allylic oxidation sites excluding steroid dienone is 1. The molecule has 0 aromatic rings. The molecule has 0 saturated heterocycles. The first-order valence-corrected chi connectivity index (χ1v) is 2.00. The van der Waals surface area contributed by atoms with E-state index in [2.05, 4.69) is 4.74 Å². The molecule has 0 amide bonds. The highest BCUT2D eigenvalue weighted by Gasteiger charge is 1.75. The van der Waals surface area contributed by atoms with E-state index in [-0.39, 0.29) is 0 Å². The van der Waals surface area contributed by atoms with Crippen molar-refractivity contribution < 1.29 is 9.53 Å². The van der Waals surface area contributed by atoms with Crippen LogP contribution in [-0.2, 0) is 9.53 Å². The lowest BCUT2D eigenvalue weighted by Gasteiger charge is -1.79. The highest BCUT2D eigenvalue weighted by Crippen LogP contribution is 1.95. The molecule has 1 radical (unpaired) electrons. The fourth-order valence-corrected chi connectivity index (χ4v) is 0.150. The van der Waals surface area contributed by atoms with Crippen LogP contribution in [0.2, 0.25) is 0 Å². The van der Waals surface area contributed by atoms with Gasteiger partial charge in [0.1, 0.15) is 6.26 Å². The van der Waals surface area contributed by atoms with E-state index in [9.17, 15) is 4.79 Å². The van der Waals surface area contributed by atoms with Gasteiger partial charge in [-0.3, -0.25) is 0 Å². The Morgan fingerprint density at radius 3 is 2.71 bits per heavy atom. The van der Waals surface area contributed by atoms with Crippen molar-refractivity contribution in [1.82, 2.24) is 0 Å². The van der Waals surface area contributed by atoms with Crippen LogP contribution in [-0.4, -0.2) is 6.47 Å². The van der Waals surface area contributed by atoms with Crippen LogP contribution in [0, 0.1) is 0 Å². The van der Waals surface area contributed by atoms with Crippen molar-refractivity contribution >= 4 is 18.1 Å². The van der Waals surface area contributed by atoms with E-state index in [1.165, 1.54) is 6.47 Å². The van der Waals surface area contributed by atoms with Crippen LogP contribution >= 0.6 is 11.6 Å². The molecular weight excluding hydrogens is 115 g/mol. The summed E-state index contributed by atoms with van der Waals surface area (Å²) in [6.45, 7) is 2.78. The first-order valence-electron chi connectivity index (χ1n) is 1.62. The maximum Gasteiger partial charge on any atom is 0.422 e. The third-order valence-corrected chi connectivity index (χ3v) is 0.359. The van der Waals surface area contributed by atoms with Gasteiger partial charge in [-0.25, -0.2) is 4.79 Å². The minimum Gasteiger partial charge on any atom is -0.425 e. The average Bonchev–Trinajstić information content (AvgIpc) is 1.61. The Hall–Kier alpha value is -0.500. The van der Waals surface area contributed by atoms with E-state index in [4.69, 9.17) is 11.6 Å². The number of carbonyl (C=O) groups excluding carboxylic acids is 1. The van der Waals surface area contributed by atoms with Crippen LogP contribution in [0.1, 0.15) is 6.92 Å². The maximum atomic E-state index is 9.26. The molecule has 0 atom stereocenters. The number of hydrogen-bond donors (Lipinski definition) is 0. The van der Waals surface area contributed by atoms with Gasteiger partial charge in [-0.15, -0.1) is 0 Å². The Bertz CT molecular complexity index is 83.7. The summed E-state index contributed by atoms with van der Waals surface area (Å²) in [5.41, 5.74) is 0. The van der Waals surface area contributed by atoms with Crippen molar-refractivity contribution in [1.29, 1.82) is 0 Å². The molecule has 0 aromatic carbocycles. The average molecular weight is 120 g/mol. The molecule has 0 N–H and O–H groups in total. The van der Waals surface area contributed by atoms with Gasteiger partial charge in [0.05, 0.1) is 5.03 Å². The van der Waals surface area contributed by atoms with Crippen LogP contribution in [0.25, 0.3) is 0 Å². The predicted octanol–water partition coefficient (Wildman–Crippen LogP) is 1.17. The van der Waals surface area contributed by atoms with Gasteiger partial charge < -0.3 is 4.74 Å². The zero-order valence-corrected chi connectivity index (χ0v) is 4.53. The van der Waals surface area contributed by atoms with Crippen LogP contribution < -0.4 is 0 Å². The monoisotopic (exact) mass is 119 g/mol. The summed E-state index contributed by atoms with van der Waals surface area (Å²) < 4.78 is 4.00. The molecule has 0 aliphatic rings. The van der Waals surface area contributed by atoms with Crippen LogP contribution in [0.5, 0.6) is 0 Å². The largest absolute Gasteiger partial charge is 0.425 e. The van der Waals surface area contributed by atoms with Crippen molar-refractivity contribution in [2.75, 3.05) is 0 Å². The quantitative estimate of drug-likeness (QED) is 0.510. The Labute approximate surface area is 46.7 Å². The summed E-state index contributed by atoms with van der Waals surface area (Å²) in [4.78, 5) is 9.26. The fraction of sp³-hybridized carbons (Fsp3) is 0.250. The normalized spacial score (nSPS) is 10.9. The van der Waals surface area contributed by atoms with Gasteiger partial charge in [0.25, 0.3) is 0 Å². The fourth-order valence-electron chi connectivity index (χ4n) is 0.105. The van der Waals surface area contributed by atoms with Crippen molar-refractivity contribution in [3.05, 3.63) is 11.3 Å². The van der Waals surface area contributed by atoms with E-state index in [0.717, 1.165) is 6.26 Å². The predicted molar refractivity (Wildman–Crippen MR) is 26.4 cm³/mol.